The van der Waals surface area contributed by atoms with Gasteiger partial charge in [-0.05, 0) is 65.1 Å². The van der Waals surface area contributed by atoms with Gasteiger partial charge in [0.1, 0.15) is 15.4 Å². The quantitative estimate of drug-likeness (QED) is 0.606. The van der Waals surface area contributed by atoms with Crippen molar-refractivity contribution in [3.05, 3.63) is 23.4 Å². The summed E-state index contributed by atoms with van der Waals surface area (Å²) in [4.78, 5) is 48.2. The summed E-state index contributed by atoms with van der Waals surface area (Å²) in [6.07, 6.45) is 4.37. The molecule has 3 fully saturated rings. The standard InChI is InChI=1S/C26H35N5O4S/c1-16-6-7-18-19(21(29-24(34)27-4)36-20(18)28-16)22(32)30-12-8-17(9-13-30)31-11-5-10-26(15-31)14-25(2,3)35-23(26)33/h6-7,17H,5,8-15H2,1-4H3,(H2,27,29,34)/t26-/m0/s1. The zero-order valence-electron chi connectivity index (χ0n) is 21.5. The number of amides is 3. The van der Waals surface area contributed by atoms with Gasteiger partial charge in [0.05, 0.1) is 11.0 Å². The lowest BCUT2D eigenvalue weighted by atomic mass is 9.74. The number of hydrogen-bond acceptors (Lipinski definition) is 7. The Morgan fingerprint density at radius 2 is 1.94 bits per heavy atom. The highest BCUT2D eigenvalue weighted by atomic mass is 32.1. The van der Waals surface area contributed by atoms with Crippen LogP contribution in [0.3, 0.4) is 0 Å². The van der Waals surface area contributed by atoms with Crippen molar-refractivity contribution in [2.75, 3.05) is 38.5 Å². The second-order valence-corrected chi connectivity index (χ2v) is 12.0. The Morgan fingerprint density at radius 1 is 1.19 bits per heavy atom. The van der Waals surface area contributed by atoms with Gasteiger partial charge in [-0.1, -0.05) is 11.3 Å². The summed E-state index contributed by atoms with van der Waals surface area (Å²) in [5.74, 6) is -0.123. The summed E-state index contributed by atoms with van der Waals surface area (Å²) in [6.45, 7) is 8.91. The molecule has 0 aromatic carbocycles. The van der Waals surface area contributed by atoms with Crippen molar-refractivity contribution in [2.45, 2.75) is 64.5 Å². The number of rotatable bonds is 3. The highest BCUT2D eigenvalue weighted by Gasteiger charge is 2.54. The topological polar surface area (TPSA) is 104 Å². The maximum atomic E-state index is 13.7. The first-order valence-electron chi connectivity index (χ1n) is 12.8. The van der Waals surface area contributed by atoms with Crippen molar-refractivity contribution in [1.29, 1.82) is 0 Å². The Labute approximate surface area is 215 Å². The van der Waals surface area contributed by atoms with Crippen molar-refractivity contribution < 1.29 is 19.1 Å². The molecule has 2 aromatic rings. The number of aryl methyl sites for hydroxylation is 1. The number of fused-ring (bicyclic) bond motifs is 1. The molecule has 1 spiro atoms. The van der Waals surface area contributed by atoms with Crippen LogP contribution in [-0.2, 0) is 9.53 Å². The predicted molar refractivity (Wildman–Crippen MR) is 139 cm³/mol. The number of carbonyl (C=O) groups excluding carboxylic acids is 3. The molecule has 3 aliphatic rings. The van der Waals surface area contributed by atoms with Gasteiger partial charge in [0.2, 0.25) is 0 Å². The Kier molecular flexibility index (Phi) is 6.45. The fourth-order valence-electron chi connectivity index (χ4n) is 6.20. The molecule has 194 valence electrons. The number of urea groups is 1. The van der Waals surface area contributed by atoms with Gasteiger partial charge >= 0.3 is 12.0 Å². The molecule has 2 N–H and O–H groups in total. The number of likely N-dealkylation sites (tertiary alicyclic amines) is 2. The molecule has 0 aliphatic carbocycles. The maximum Gasteiger partial charge on any atom is 0.319 e. The van der Waals surface area contributed by atoms with E-state index in [-0.39, 0.29) is 17.9 Å². The monoisotopic (exact) mass is 513 g/mol. The number of hydrogen-bond donors (Lipinski definition) is 2. The fourth-order valence-corrected chi connectivity index (χ4v) is 7.31. The number of nitrogens with zero attached hydrogens (tertiary/aromatic N) is 3. The third kappa shape index (κ3) is 4.56. The number of cyclic esters (lactones) is 1. The number of carbonyl (C=O) groups is 3. The Bertz CT molecular complexity index is 1200. The molecule has 3 aliphatic heterocycles. The number of esters is 1. The number of nitrogens with one attached hydrogen (secondary N) is 2. The third-order valence-electron chi connectivity index (χ3n) is 7.80. The number of ether oxygens (including phenoxy) is 1. The largest absolute Gasteiger partial charge is 0.459 e. The second-order valence-electron chi connectivity index (χ2n) is 11.0. The van der Waals surface area contributed by atoms with Crippen LogP contribution in [-0.4, -0.2) is 77.6 Å². The molecule has 36 heavy (non-hydrogen) atoms. The Morgan fingerprint density at radius 3 is 2.61 bits per heavy atom. The van der Waals surface area contributed by atoms with Crippen molar-refractivity contribution >= 4 is 44.5 Å². The van der Waals surface area contributed by atoms with E-state index in [2.05, 4.69) is 20.5 Å². The molecule has 0 saturated carbocycles. The number of anilines is 1. The van der Waals surface area contributed by atoms with E-state index in [0.717, 1.165) is 61.1 Å². The lowest BCUT2D eigenvalue weighted by molar-refractivity contribution is -0.154. The van der Waals surface area contributed by atoms with Crippen molar-refractivity contribution in [3.8, 4) is 0 Å². The minimum Gasteiger partial charge on any atom is -0.459 e. The van der Waals surface area contributed by atoms with E-state index in [4.69, 9.17) is 4.74 Å². The van der Waals surface area contributed by atoms with Gasteiger partial charge < -0.3 is 15.0 Å². The van der Waals surface area contributed by atoms with Gasteiger partial charge in [-0.15, -0.1) is 0 Å². The molecule has 3 amide bonds. The van der Waals surface area contributed by atoms with E-state index in [0.29, 0.717) is 29.7 Å². The minimum absolute atomic E-state index is 0.0471. The van der Waals surface area contributed by atoms with Crippen LogP contribution in [0.4, 0.5) is 9.80 Å². The van der Waals surface area contributed by atoms with Crippen molar-refractivity contribution in [1.82, 2.24) is 20.1 Å². The van der Waals surface area contributed by atoms with E-state index < -0.39 is 11.0 Å². The van der Waals surface area contributed by atoms with Crippen LogP contribution in [0.2, 0.25) is 0 Å². The summed E-state index contributed by atoms with van der Waals surface area (Å²) in [5, 5.41) is 6.67. The van der Waals surface area contributed by atoms with Crippen LogP contribution in [0, 0.1) is 12.3 Å². The van der Waals surface area contributed by atoms with E-state index >= 15 is 0 Å². The summed E-state index contributed by atoms with van der Waals surface area (Å²) in [5.41, 5.74) is 0.587. The third-order valence-corrected chi connectivity index (χ3v) is 8.82. The van der Waals surface area contributed by atoms with E-state index in [9.17, 15) is 14.4 Å². The van der Waals surface area contributed by atoms with Crippen LogP contribution in [0.15, 0.2) is 12.1 Å². The number of piperidine rings is 2. The number of aromatic nitrogens is 1. The zero-order chi connectivity index (χ0) is 25.7. The van der Waals surface area contributed by atoms with Crippen molar-refractivity contribution in [3.63, 3.8) is 0 Å². The molecule has 5 rings (SSSR count). The van der Waals surface area contributed by atoms with Gasteiger partial charge in [-0.25, -0.2) is 9.78 Å². The van der Waals surface area contributed by atoms with Crippen LogP contribution in [0.5, 0.6) is 0 Å². The first-order valence-corrected chi connectivity index (χ1v) is 13.6. The van der Waals surface area contributed by atoms with Gasteiger partial charge in [-0.3, -0.25) is 19.8 Å². The molecule has 9 nitrogen and oxygen atoms in total. The maximum absolute atomic E-state index is 13.7. The first-order chi connectivity index (χ1) is 17.1. The molecule has 0 radical (unpaired) electrons. The van der Waals surface area contributed by atoms with Gasteiger partial charge in [0, 0.05) is 50.2 Å². The fraction of sp³-hybridized carbons (Fsp3) is 0.615. The SMILES string of the molecule is CNC(=O)Nc1sc2nc(C)ccc2c1C(=O)N1CCC(N2CCC[C@@]3(C2)CC(C)(C)OC3=O)CC1. The number of thiophene rings is 1. The van der Waals surface area contributed by atoms with Gasteiger partial charge in [-0.2, -0.15) is 0 Å². The highest BCUT2D eigenvalue weighted by molar-refractivity contribution is 7.23. The molecular formula is C26H35N5O4S. The highest BCUT2D eigenvalue weighted by Crippen LogP contribution is 2.47. The van der Waals surface area contributed by atoms with Crippen LogP contribution >= 0.6 is 11.3 Å². The summed E-state index contributed by atoms with van der Waals surface area (Å²) in [7, 11) is 1.55. The normalized spacial score (nSPS) is 24.8. The van der Waals surface area contributed by atoms with Gasteiger partial charge in [0.15, 0.2) is 0 Å². The summed E-state index contributed by atoms with van der Waals surface area (Å²) >= 11 is 1.33. The molecule has 0 unspecified atom stereocenters. The number of pyridine rings is 1. The van der Waals surface area contributed by atoms with Crippen molar-refractivity contribution in [2.24, 2.45) is 5.41 Å². The van der Waals surface area contributed by atoms with E-state index in [1.54, 1.807) is 7.05 Å². The van der Waals surface area contributed by atoms with E-state index in [1.807, 2.05) is 37.8 Å². The van der Waals surface area contributed by atoms with Crippen LogP contribution in [0.1, 0.15) is 62.0 Å². The molecule has 0 bridgehead atoms. The van der Waals surface area contributed by atoms with E-state index in [1.165, 1.54) is 11.3 Å². The van der Waals surface area contributed by atoms with Crippen LogP contribution in [0.25, 0.3) is 10.2 Å². The second kappa shape index (κ2) is 9.30. The van der Waals surface area contributed by atoms with Gasteiger partial charge in [0.25, 0.3) is 5.91 Å². The smallest absolute Gasteiger partial charge is 0.319 e. The molecule has 5 heterocycles. The zero-order valence-corrected chi connectivity index (χ0v) is 22.3. The molecule has 3 saturated heterocycles. The Hall–Kier alpha value is -2.72. The molecule has 1 atom stereocenters. The summed E-state index contributed by atoms with van der Waals surface area (Å²) < 4.78 is 5.70. The predicted octanol–water partition coefficient (Wildman–Crippen LogP) is 3.77. The average molecular weight is 514 g/mol. The Balaban J connectivity index is 1.30. The first kappa shape index (κ1) is 25.0. The average Bonchev–Trinajstić information content (AvgIpc) is 3.30. The molecule has 10 heteroatoms. The molecule has 2 aromatic heterocycles. The summed E-state index contributed by atoms with van der Waals surface area (Å²) in [6, 6.07) is 3.79. The lowest BCUT2D eigenvalue weighted by Gasteiger charge is -2.44. The lowest BCUT2D eigenvalue weighted by Crippen LogP contribution is -2.53. The molecular weight excluding hydrogens is 478 g/mol. The minimum atomic E-state index is -0.396. The van der Waals surface area contributed by atoms with Crippen LogP contribution < -0.4 is 10.6 Å².